The van der Waals surface area contributed by atoms with Crippen molar-refractivity contribution in [1.82, 2.24) is 0 Å². The topological polar surface area (TPSA) is 49.7 Å². The third-order valence-corrected chi connectivity index (χ3v) is 4.59. The normalized spacial score (nSPS) is 14.8. The van der Waals surface area contributed by atoms with Gasteiger partial charge in [-0.25, -0.2) is 21.6 Å². The van der Waals surface area contributed by atoms with Crippen LogP contribution in [-0.2, 0) is 15.6 Å². The smallest absolute Gasteiger partial charge is 0.165 e. The molecule has 0 spiro atoms. The van der Waals surface area contributed by atoms with Crippen molar-refractivity contribution in [2.75, 3.05) is 17.8 Å². The molecular formula is C18H15F3N2O2S. The highest BCUT2D eigenvalue weighted by atomic mass is 32.2. The van der Waals surface area contributed by atoms with Crippen LogP contribution in [0.5, 0.6) is 0 Å². The largest absolute Gasteiger partial charge is 0.325 e. The summed E-state index contributed by atoms with van der Waals surface area (Å²) in [6, 6.07) is 9.50. The molecule has 1 heterocycles. The quantitative estimate of drug-likeness (QED) is 0.815. The van der Waals surface area contributed by atoms with E-state index >= 15 is 0 Å². The Hall–Kier alpha value is -2.61. The highest BCUT2D eigenvalue weighted by molar-refractivity contribution is 7.89. The van der Waals surface area contributed by atoms with Crippen molar-refractivity contribution in [2.24, 2.45) is 4.99 Å². The third-order valence-electron chi connectivity index (χ3n) is 3.73. The molecule has 0 bridgehead atoms. The summed E-state index contributed by atoms with van der Waals surface area (Å²) in [6.07, 6.45) is 2.29. The summed E-state index contributed by atoms with van der Waals surface area (Å²) in [6.45, 7) is 0.0158. The van der Waals surface area contributed by atoms with Crippen molar-refractivity contribution >= 4 is 21.2 Å². The van der Waals surface area contributed by atoms with Crippen LogP contribution < -0.4 is 4.90 Å². The van der Waals surface area contributed by atoms with E-state index in [4.69, 9.17) is 0 Å². The average Bonchev–Trinajstić information content (AvgIpc) is 2.54. The molecule has 136 valence electrons. The van der Waals surface area contributed by atoms with E-state index in [-0.39, 0.29) is 23.7 Å². The van der Waals surface area contributed by atoms with E-state index in [9.17, 15) is 21.6 Å². The molecule has 0 aliphatic carbocycles. The van der Waals surface area contributed by atoms with E-state index in [0.717, 1.165) is 24.6 Å². The minimum Gasteiger partial charge on any atom is -0.325 e. The number of nitrogens with zero attached hydrogens (tertiary/aromatic N) is 2. The SMILES string of the molecule is CS(=O)(=O)Cc1cccc(N2C=C(F)C(c3ccc(F)cc3F)=NC2)c1. The zero-order valence-corrected chi connectivity index (χ0v) is 14.6. The Bertz CT molecular complexity index is 1020. The minimum absolute atomic E-state index is 0.0158. The third kappa shape index (κ3) is 4.13. The van der Waals surface area contributed by atoms with Gasteiger partial charge in [0.15, 0.2) is 15.7 Å². The molecule has 0 fully saturated rings. The van der Waals surface area contributed by atoms with E-state index in [1.807, 2.05) is 0 Å². The monoisotopic (exact) mass is 380 g/mol. The fourth-order valence-electron chi connectivity index (χ4n) is 2.64. The van der Waals surface area contributed by atoms with Crippen LogP contribution in [0.4, 0.5) is 18.9 Å². The van der Waals surface area contributed by atoms with Gasteiger partial charge in [-0.05, 0) is 29.8 Å². The highest BCUT2D eigenvalue weighted by Crippen LogP contribution is 2.25. The van der Waals surface area contributed by atoms with E-state index in [2.05, 4.69) is 4.99 Å². The molecular weight excluding hydrogens is 365 g/mol. The van der Waals surface area contributed by atoms with E-state index in [1.54, 1.807) is 24.3 Å². The zero-order valence-electron chi connectivity index (χ0n) is 13.8. The summed E-state index contributed by atoms with van der Waals surface area (Å²) in [5.41, 5.74) is 0.818. The maximum atomic E-state index is 14.5. The number of halogens is 3. The lowest BCUT2D eigenvalue weighted by Gasteiger charge is -2.24. The van der Waals surface area contributed by atoms with Gasteiger partial charge in [0.25, 0.3) is 0 Å². The molecule has 2 aromatic carbocycles. The zero-order chi connectivity index (χ0) is 18.9. The molecule has 1 aliphatic heterocycles. The molecule has 8 heteroatoms. The van der Waals surface area contributed by atoms with Crippen LogP contribution in [0, 0.1) is 11.6 Å². The number of rotatable bonds is 4. The van der Waals surface area contributed by atoms with Gasteiger partial charge in [0.1, 0.15) is 24.0 Å². The van der Waals surface area contributed by atoms with E-state index in [0.29, 0.717) is 17.3 Å². The van der Waals surface area contributed by atoms with Gasteiger partial charge in [0, 0.05) is 29.8 Å². The molecule has 0 atom stereocenters. The molecule has 26 heavy (non-hydrogen) atoms. The first-order valence-corrected chi connectivity index (χ1v) is 9.70. The molecule has 0 radical (unpaired) electrons. The summed E-state index contributed by atoms with van der Waals surface area (Å²) in [5, 5.41) is 0. The molecule has 4 nitrogen and oxygen atoms in total. The number of anilines is 1. The Balaban J connectivity index is 1.86. The van der Waals surface area contributed by atoms with Gasteiger partial charge in [-0.3, -0.25) is 4.99 Å². The van der Waals surface area contributed by atoms with Crippen LogP contribution in [-0.4, -0.2) is 27.1 Å². The van der Waals surface area contributed by atoms with Crippen LogP contribution in [0.3, 0.4) is 0 Å². The van der Waals surface area contributed by atoms with Gasteiger partial charge in [0.05, 0.1) is 5.75 Å². The van der Waals surface area contributed by atoms with Gasteiger partial charge in [-0.2, -0.15) is 0 Å². The molecule has 0 saturated heterocycles. The van der Waals surface area contributed by atoms with Crippen molar-refractivity contribution in [1.29, 1.82) is 0 Å². The predicted octanol–water partition coefficient (Wildman–Crippen LogP) is 3.59. The number of allylic oxidation sites excluding steroid dienone is 1. The van der Waals surface area contributed by atoms with E-state index < -0.39 is 27.3 Å². The molecule has 2 aromatic rings. The van der Waals surface area contributed by atoms with Crippen molar-refractivity contribution in [2.45, 2.75) is 5.75 Å². The van der Waals surface area contributed by atoms with Crippen LogP contribution in [0.15, 0.2) is 59.5 Å². The molecule has 0 amide bonds. The van der Waals surface area contributed by atoms with Crippen molar-refractivity contribution in [3.8, 4) is 0 Å². The predicted molar refractivity (Wildman–Crippen MR) is 94.4 cm³/mol. The fourth-order valence-corrected chi connectivity index (χ4v) is 3.43. The number of hydrogen-bond acceptors (Lipinski definition) is 4. The summed E-state index contributed by atoms with van der Waals surface area (Å²) in [5.74, 6) is -2.54. The average molecular weight is 380 g/mol. The van der Waals surface area contributed by atoms with Gasteiger partial charge in [-0.1, -0.05) is 12.1 Å². The maximum absolute atomic E-state index is 14.5. The molecule has 0 N–H and O–H groups in total. The highest BCUT2D eigenvalue weighted by Gasteiger charge is 2.21. The van der Waals surface area contributed by atoms with Crippen LogP contribution in [0.1, 0.15) is 11.1 Å². The van der Waals surface area contributed by atoms with Gasteiger partial charge >= 0.3 is 0 Å². The summed E-state index contributed by atoms with van der Waals surface area (Å²) in [4.78, 5) is 5.53. The fraction of sp³-hybridized carbons (Fsp3) is 0.167. The Morgan fingerprint density at radius 3 is 2.54 bits per heavy atom. The Kier molecular flexibility index (Phi) is 4.86. The summed E-state index contributed by atoms with van der Waals surface area (Å²) in [7, 11) is -3.20. The second-order valence-corrected chi connectivity index (χ2v) is 8.10. The van der Waals surface area contributed by atoms with Crippen LogP contribution in [0.2, 0.25) is 0 Å². The van der Waals surface area contributed by atoms with Crippen molar-refractivity contribution in [3.63, 3.8) is 0 Å². The van der Waals surface area contributed by atoms with Gasteiger partial charge in [-0.15, -0.1) is 0 Å². The molecule has 0 aromatic heterocycles. The standard InChI is InChI=1S/C18H15F3N2O2S/c1-26(24,25)10-12-3-2-4-14(7-12)23-9-17(21)18(22-11-23)15-6-5-13(19)8-16(15)20/h2-9H,10-11H2,1H3. The molecule has 0 saturated carbocycles. The number of benzene rings is 2. The number of hydrogen-bond donors (Lipinski definition) is 0. The first-order valence-electron chi connectivity index (χ1n) is 7.64. The second kappa shape index (κ2) is 6.95. The lowest BCUT2D eigenvalue weighted by Crippen LogP contribution is -2.24. The first kappa shape index (κ1) is 18.2. The van der Waals surface area contributed by atoms with Crippen molar-refractivity contribution < 1.29 is 21.6 Å². The Morgan fingerprint density at radius 1 is 1.12 bits per heavy atom. The molecule has 3 rings (SSSR count). The van der Waals surface area contributed by atoms with Gasteiger partial charge < -0.3 is 4.90 Å². The first-order chi connectivity index (χ1) is 12.2. The second-order valence-electron chi connectivity index (χ2n) is 5.96. The summed E-state index contributed by atoms with van der Waals surface area (Å²) >= 11 is 0. The Morgan fingerprint density at radius 2 is 1.88 bits per heavy atom. The minimum atomic E-state index is -3.20. The molecule has 1 aliphatic rings. The Labute approximate surface area is 149 Å². The van der Waals surface area contributed by atoms with Gasteiger partial charge in [0.2, 0.25) is 0 Å². The molecule has 0 unspecified atom stereocenters. The van der Waals surface area contributed by atoms with Crippen LogP contribution in [0.25, 0.3) is 0 Å². The van der Waals surface area contributed by atoms with Crippen LogP contribution >= 0.6 is 0 Å². The maximum Gasteiger partial charge on any atom is 0.165 e. The number of sulfone groups is 1. The van der Waals surface area contributed by atoms with E-state index in [1.165, 1.54) is 4.90 Å². The lowest BCUT2D eigenvalue weighted by atomic mass is 10.1. The number of aliphatic imine (C=N–C) groups is 1. The summed E-state index contributed by atoms with van der Waals surface area (Å²) < 4.78 is 64.2. The van der Waals surface area contributed by atoms with Crippen molar-refractivity contribution in [3.05, 3.63) is 77.3 Å². The lowest BCUT2D eigenvalue weighted by molar-refractivity contribution is 0.580.